The van der Waals surface area contributed by atoms with Crippen molar-refractivity contribution in [2.45, 2.75) is 0 Å². The minimum atomic E-state index is 0.423. The molecule has 0 unspecified atom stereocenters. The van der Waals surface area contributed by atoms with Gasteiger partial charge < -0.3 is 5.32 Å². The van der Waals surface area contributed by atoms with Crippen LogP contribution in [0.5, 0.6) is 0 Å². The van der Waals surface area contributed by atoms with Gasteiger partial charge in [0.25, 0.3) is 0 Å². The van der Waals surface area contributed by atoms with Crippen LogP contribution in [0.1, 0.15) is 5.56 Å². The van der Waals surface area contributed by atoms with Gasteiger partial charge in [-0.15, -0.1) is 0 Å². The summed E-state index contributed by atoms with van der Waals surface area (Å²) in [6.45, 7) is 0. The zero-order valence-corrected chi connectivity index (χ0v) is 10.6. The SMILES string of the molecule is CN=C(Nc1ccccc1)C(=C=O)c1ccccc1. The van der Waals surface area contributed by atoms with E-state index in [1.807, 2.05) is 66.6 Å². The molecule has 2 rings (SSSR count). The Morgan fingerprint density at radius 2 is 1.58 bits per heavy atom. The number of hydrogen-bond donors (Lipinski definition) is 1. The summed E-state index contributed by atoms with van der Waals surface area (Å²) in [5, 5.41) is 3.13. The Balaban J connectivity index is 2.30. The zero-order chi connectivity index (χ0) is 13.5. The molecular weight excluding hydrogens is 236 g/mol. The number of para-hydroxylation sites is 1. The van der Waals surface area contributed by atoms with Gasteiger partial charge >= 0.3 is 0 Å². The first-order valence-electron chi connectivity index (χ1n) is 5.95. The van der Waals surface area contributed by atoms with Crippen molar-refractivity contribution in [2.75, 3.05) is 12.4 Å². The normalized spacial score (nSPS) is 10.7. The van der Waals surface area contributed by atoms with Gasteiger partial charge in [0.05, 0.1) is 0 Å². The molecule has 0 fully saturated rings. The van der Waals surface area contributed by atoms with Crippen LogP contribution in [0.25, 0.3) is 5.57 Å². The first kappa shape index (κ1) is 12.8. The minimum absolute atomic E-state index is 0.423. The van der Waals surface area contributed by atoms with E-state index in [4.69, 9.17) is 0 Å². The summed E-state index contributed by atoms with van der Waals surface area (Å²) in [5.74, 6) is 2.47. The molecule has 3 heteroatoms. The molecule has 2 aromatic carbocycles. The lowest BCUT2D eigenvalue weighted by Crippen LogP contribution is -2.14. The summed E-state index contributed by atoms with van der Waals surface area (Å²) < 4.78 is 0. The van der Waals surface area contributed by atoms with E-state index in [1.54, 1.807) is 7.05 Å². The van der Waals surface area contributed by atoms with Crippen LogP contribution in [-0.2, 0) is 4.79 Å². The van der Waals surface area contributed by atoms with Crippen LogP contribution in [0.4, 0.5) is 5.69 Å². The average molecular weight is 250 g/mol. The fourth-order valence-corrected chi connectivity index (χ4v) is 1.74. The third-order valence-corrected chi connectivity index (χ3v) is 2.66. The second-order valence-electron chi connectivity index (χ2n) is 3.91. The molecule has 19 heavy (non-hydrogen) atoms. The van der Waals surface area contributed by atoms with Gasteiger partial charge in [-0.25, -0.2) is 4.79 Å². The fourth-order valence-electron chi connectivity index (χ4n) is 1.74. The molecule has 0 saturated heterocycles. The lowest BCUT2D eigenvalue weighted by Gasteiger charge is -2.10. The van der Waals surface area contributed by atoms with Gasteiger partial charge in [-0.2, -0.15) is 0 Å². The molecule has 2 aromatic rings. The second kappa shape index (κ2) is 6.34. The number of nitrogens with zero attached hydrogens (tertiary/aromatic N) is 1. The molecule has 0 bridgehead atoms. The Kier molecular flexibility index (Phi) is 4.27. The van der Waals surface area contributed by atoms with Gasteiger partial charge in [-0.05, 0) is 17.7 Å². The molecule has 0 aliphatic rings. The van der Waals surface area contributed by atoms with Crippen molar-refractivity contribution < 1.29 is 4.79 Å². The molecule has 1 N–H and O–H groups in total. The van der Waals surface area contributed by atoms with Crippen LogP contribution in [0.2, 0.25) is 0 Å². The van der Waals surface area contributed by atoms with Crippen LogP contribution >= 0.6 is 0 Å². The van der Waals surface area contributed by atoms with Crippen LogP contribution in [-0.4, -0.2) is 18.8 Å². The van der Waals surface area contributed by atoms with E-state index in [0.717, 1.165) is 11.3 Å². The van der Waals surface area contributed by atoms with Gasteiger partial charge in [-0.1, -0.05) is 48.5 Å². The third kappa shape index (κ3) is 3.18. The standard InChI is InChI=1S/C16H14N2O/c1-17-16(18-14-10-6-3-7-11-14)15(12-19)13-8-4-2-5-9-13/h2-11H,1H3,(H,17,18). The summed E-state index contributed by atoms with van der Waals surface area (Å²) in [6, 6.07) is 19.0. The van der Waals surface area contributed by atoms with Crippen molar-refractivity contribution in [3.05, 3.63) is 66.2 Å². The Morgan fingerprint density at radius 1 is 1.00 bits per heavy atom. The summed E-state index contributed by atoms with van der Waals surface area (Å²) in [4.78, 5) is 15.4. The first-order chi connectivity index (χ1) is 9.35. The molecule has 0 atom stereocenters. The predicted molar refractivity (Wildman–Crippen MR) is 79.0 cm³/mol. The van der Waals surface area contributed by atoms with Crippen molar-refractivity contribution in [1.29, 1.82) is 0 Å². The number of nitrogens with one attached hydrogen (secondary N) is 1. The first-order valence-corrected chi connectivity index (χ1v) is 5.95. The molecule has 0 spiro atoms. The minimum Gasteiger partial charge on any atom is -0.339 e. The van der Waals surface area contributed by atoms with Crippen molar-refractivity contribution in [1.82, 2.24) is 0 Å². The maximum absolute atomic E-state index is 11.2. The molecule has 0 amide bonds. The quantitative estimate of drug-likeness (QED) is 0.517. The molecule has 94 valence electrons. The highest BCUT2D eigenvalue weighted by Gasteiger charge is 2.10. The summed E-state index contributed by atoms with van der Waals surface area (Å²) >= 11 is 0. The Bertz CT molecular complexity index is 612. The lowest BCUT2D eigenvalue weighted by molar-refractivity contribution is 0.570. The fraction of sp³-hybridized carbons (Fsp3) is 0.0625. The van der Waals surface area contributed by atoms with E-state index in [-0.39, 0.29) is 0 Å². The van der Waals surface area contributed by atoms with E-state index < -0.39 is 0 Å². The van der Waals surface area contributed by atoms with Gasteiger partial charge in [0.2, 0.25) is 0 Å². The smallest absolute Gasteiger partial charge is 0.144 e. The monoisotopic (exact) mass is 250 g/mol. The van der Waals surface area contributed by atoms with E-state index in [9.17, 15) is 4.79 Å². The maximum atomic E-state index is 11.2. The van der Waals surface area contributed by atoms with E-state index in [2.05, 4.69) is 10.3 Å². The van der Waals surface area contributed by atoms with Crippen LogP contribution in [0.3, 0.4) is 0 Å². The molecule has 0 aliphatic heterocycles. The molecule has 0 heterocycles. The molecule has 0 aromatic heterocycles. The van der Waals surface area contributed by atoms with Crippen molar-refractivity contribution in [3.8, 4) is 0 Å². The van der Waals surface area contributed by atoms with Crippen molar-refractivity contribution >= 4 is 23.0 Å². The Labute approximate surface area is 112 Å². The number of carbonyl (C=O) groups excluding carboxylic acids is 1. The number of amidine groups is 1. The lowest BCUT2D eigenvalue weighted by atomic mass is 10.1. The van der Waals surface area contributed by atoms with E-state index in [0.29, 0.717) is 11.4 Å². The maximum Gasteiger partial charge on any atom is 0.144 e. The third-order valence-electron chi connectivity index (χ3n) is 2.66. The van der Waals surface area contributed by atoms with Crippen molar-refractivity contribution in [3.63, 3.8) is 0 Å². The topological polar surface area (TPSA) is 41.5 Å². The molecule has 0 aliphatic carbocycles. The van der Waals surface area contributed by atoms with Gasteiger partial charge in [0.15, 0.2) is 0 Å². The van der Waals surface area contributed by atoms with Crippen LogP contribution in [0, 0.1) is 0 Å². The molecule has 0 saturated carbocycles. The van der Waals surface area contributed by atoms with E-state index in [1.165, 1.54) is 0 Å². The summed E-state index contributed by atoms with van der Waals surface area (Å²) in [5.41, 5.74) is 2.10. The van der Waals surface area contributed by atoms with Gasteiger partial charge in [-0.3, -0.25) is 4.99 Å². The average Bonchev–Trinajstić information content (AvgIpc) is 2.49. The molecule has 3 nitrogen and oxygen atoms in total. The molecule has 0 radical (unpaired) electrons. The number of benzene rings is 2. The van der Waals surface area contributed by atoms with Crippen molar-refractivity contribution in [2.24, 2.45) is 4.99 Å². The largest absolute Gasteiger partial charge is 0.339 e. The predicted octanol–water partition coefficient (Wildman–Crippen LogP) is 3.04. The summed E-state index contributed by atoms with van der Waals surface area (Å²) in [7, 11) is 1.64. The Morgan fingerprint density at radius 3 is 2.11 bits per heavy atom. The second-order valence-corrected chi connectivity index (χ2v) is 3.91. The Hall–Kier alpha value is -2.64. The highest BCUT2D eigenvalue weighted by atomic mass is 16.1. The number of aliphatic imine (C=N–C) groups is 1. The number of rotatable bonds is 3. The highest BCUT2D eigenvalue weighted by Crippen LogP contribution is 2.15. The summed E-state index contributed by atoms with van der Waals surface area (Å²) in [6.07, 6.45) is 0. The van der Waals surface area contributed by atoms with E-state index >= 15 is 0 Å². The van der Waals surface area contributed by atoms with Crippen LogP contribution < -0.4 is 5.32 Å². The zero-order valence-electron chi connectivity index (χ0n) is 10.6. The number of hydrogen-bond acceptors (Lipinski definition) is 2. The van der Waals surface area contributed by atoms with Gasteiger partial charge in [0.1, 0.15) is 17.4 Å². The van der Waals surface area contributed by atoms with Crippen LogP contribution in [0.15, 0.2) is 65.7 Å². The molecular formula is C16H14N2O. The highest BCUT2D eigenvalue weighted by molar-refractivity contribution is 6.34. The number of anilines is 1. The van der Waals surface area contributed by atoms with Gasteiger partial charge in [0, 0.05) is 12.7 Å².